The van der Waals surface area contributed by atoms with Crippen molar-refractivity contribution in [1.82, 2.24) is 5.32 Å². The van der Waals surface area contributed by atoms with Gasteiger partial charge in [0.25, 0.3) is 0 Å². The summed E-state index contributed by atoms with van der Waals surface area (Å²) in [7, 11) is 0. The number of esters is 1. The number of allylic oxidation sites excluding steroid dienone is 5. The molecule has 0 radical (unpaired) electrons. The number of hydrogen-bond acceptors (Lipinski definition) is 10. The highest BCUT2D eigenvalue weighted by Gasteiger charge is 2.44. The van der Waals surface area contributed by atoms with Crippen molar-refractivity contribution in [3.63, 3.8) is 0 Å². The third-order valence-electron chi connectivity index (χ3n) is 16.5. The lowest BCUT2D eigenvalue weighted by molar-refractivity contribution is -0.302. The molecule has 1 fully saturated rings. The number of carbonyl (C=O) groups excluding carboxylic acids is 2. The summed E-state index contributed by atoms with van der Waals surface area (Å²) in [6, 6.07) is -0.828. The van der Waals surface area contributed by atoms with Gasteiger partial charge in [-0.15, -0.1) is 0 Å². The van der Waals surface area contributed by atoms with Crippen molar-refractivity contribution >= 4 is 11.9 Å². The Morgan fingerprint density at radius 2 is 0.802 bits per heavy atom. The summed E-state index contributed by atoms with van der Waals surface area (Å²) in [5.74, 6) is -0.187. The first kappa shape index (κ1) is 76.9. The van der Waals surface area contributed by atoms with E-state index >= 15 is 0 Å². The highest BCUT2D eigenvalue weighted by atomic mass is 16.7. The first-order chi connectivity index (χ1) is 39.7. The molecule has 1 amide bonds. The Balaban J connectivity index is 1.93. The second-order valence-corrected chi connectivity index (χ2v) is 24.2. The van der Waals surface area contributed by atoms with Gasteiger partial charge in [-0.2, -0.15) is 0 Å². The van der Waals surface area contributed by atoms with Crippen LogP contribution in [0.3, 0.4) is 0 Å². The topological polar surface area (TPSA) is 175 Å². The van der Waals surface area contributed by atoms with Gasteiger partial charge in [0, 0.05) is 12.8 Å². The minimum Gasteiger partial charge on any atom is -0.466 e. The molecule has 11 nitrogen and oxygen atoms in total. The molecule has 81 heavy (non-hydrogen) atoms. The van der Waals surface area contributed by atoms with Crippen molar-refractivity contribution in [2.24, 2.45) is 0 Å². The van der Waals surface area contributed by atoms with Crippen LogP contribution in [-0.4, -0.2) is 100 Å². The van der Waals surface area contributed by atoms with Crippen LogP contribution in [0.4, 0.5) is 0 Å². The Bertz CT molecular complexity index is 1440. The fourth-order valence-corrected chi connectivity index (χ4v) is 11.0. The molecule has 1 aliphatic heterocycles. The maximum Gasteiger partial charge on any atom is 0.305 e. The highest BCUT2D eigenvalue weighted by molar-refractivity contribution is 5.76. The van der Waals surface area contributed by atoms with Gasteiger partial charge >= 0.3 is 5.97 Å². The van der Waals surface area contributed by atoms with Gasteiger partial charge in [-0.05, 0) is 70.6 Å². The average Bonchev–Trinajstić information content (AvgIpc) is 3.47. The van der Waals surface area contributed by atoms with E-state index in [2.05, 4.69) is 43.5 Å². The molecule has 0 aromatic heterocycles. The van der Waals surface area contributed by atoms with Gasteiger partial charge in [0.1, 0.15) is 24.4 Å². The van der Waals surface area contributed by atoms with Crippen molar-refractivity contribution in [3.05, 3.63) is 36.5 Å². The molecule has 0 saturated carbocycles. The van der Waals surface area contributed by atoms with Gasteiger partial charge in [-0.25, -0.2) is 0 Å². The van der Waals surface area contributed by atoms with Crippen molar-refractivity contribution in [1.29, 1.82) is 0 Å². The summed E-state index contributed by atoms with van der Waals surface area (Å²) < 4.78 is 16.7. The number of aliphatic hydroxyl groups is 5. The Labute approximate surface area is 498 Å². The van der Waals surface area contributed by atoms with E-state index in [0.29, 0.717) is 19.4 Å². The highest BCUT2D eigenvalue weighted by Crippen LogP contribution is 2.23. The standard InChI is InChI=1S/C70H131NO10/c1-3-5-7-9-11-13-14-15-16-17-29-32-35-38-42-46-50-54-58-66(75)79-59-55-51-47-43-39-36-33-30-27-25-23-21-19-18-20-22-24-26-28-31-34-37-41-45-49-53-57-65(74)71-62(63(73)56-52-48-44-40-12-10-8-6-4-2)61-80-70-69(78)68(77)67(76)64(60-72)81-70/h12,18,20,40,52,56,62-64,67-70,72-73,76-78H,3-11,13-17,19,21-39,41-51,53-55,57-61H2,1-2H3,(H,71,74)/b20-18-,40-12+,56-52+. The van der Waals surface area contributed by atoms with Gasteiger partial charge < -0.3 is 45.1 Å². The van der Waals surface area contributed by atoms with Gasteiger partial charge in [-0.3, -0.25) is 9.59 Å². The quantitative estimate of drug-likeness (QED) is 0.0195. The summed E-state index contributed by atoms with van der Waals surface area (Å²) >= 11 is 0. The first-order valence-corrected chi connectivity index (χ1v) is 34.8. The molecule has 0 bridgehead atoms. The molecule has 1 saturated heterocycles. The Morgan fingerprint density at radius 3 is 1.25 bits per heavy atom. The van der Waals surface area contributed by atoms with Crippen LogP contribution < -0.4 is 5.32 Å². The van der Waals surface area contributed by atoms with Crippen LogP contribution in [0.15, 0.2) is 36.5 Å². The molecule has 0 spiro atoms. The molecule has 1 heterocycles. The maximum absolute atomic E-state index is 13.0. The molecule has 7 unspecified atom stereocenters. The van der Waals surface area contributed by atoms with E-state index in [0.717, 1.165) is 57.8 Å². The zero-order valence-corrected chi connectivity index (χ0v) is 52.8. The SMILES string of the molecule is CCCCC/C=C/CC/C=C/C(O)C(COC1OC(CO)C(O)C(O)C1O)NC(=O)CCCCCCCCCCCC/C=C\CCCCCCCCCCCCCCOC(=O)CCCCCCCCCCCCCCCCCCCC. The van der Waals surface area contributed by atoms with Gasteiger partial charge in [0.15, 0.2) is 6.29 Å². The molecule has 0 aromatic rings. The summed E-state index contributed by atoms with van der Waals surface area (Å²) in [5.41, 5.74) is 0. The normalized spacial score (nSPS) is 18.4. The molecular formula is C70H131NO10. The molecular weight excluding hydrogens is 1010 g/mol. The monoisotopic (exact) mass is 1150 g/mol. The minimum atomic E-state index is -1.58. The summed E-state index contributed by atoms with van der Waals surface area (Å²) in [6.07, 6.45) is 65.8. The van der Waals surface area contributed by atoms with E-state index in [1.54, 1.807) is 6.08 Å². The van der Waals surface area contributed by atoms with Crippen LogP contribution in [0.1, 0.15) is 335 Å². The van der Waals surface area contributed by atoms with Gasteiger partial charge in [-0.1, -0.05) is 288 Å². The number of ether oxygens (including phenoxy) is 3. The van der Waals surface area contributed by atoms with E-state index in [-0.39, 0.29) is 18.5 Å². The Hall–Kier alpha value is -2.12. The Kier molecular flexibility index (Phi) is 56.6. The number of rotatable bonds is 61. The molecule has 0 aliphatic carbocycles. The van der Waals surface area contributed by atoms with E-state index < -0.39 is 49.5 Å². The summed E-state index contributed by atoms with van der Waals surface area (Å²) in [6.45, 7) is 4.30. The number of unbranched alkanes of at least 4 members (excludes halogenated alkanes) is 43. The fraction of sp³-hybridized carbons (Fsp3) is 0.886. The molecule has 11 heteroatoms. The molecule has 1 rings (SSSR count). The second-order valence-electron chi connectivity index (χ2n) is 24.2. The predicted molar refractivity (Wildman–Crippen MR) is 338 cm³/mol. The van der Waals surface area contributed by atoms with E-state index in [1.165, 1.54) is 250 Å². The molecule has 6 N–H and O–H groups in total. The second kappa shape index (κ2) is 59.6. The zero-order chi connectivity index (χ0) is 58.7. The minimum absolute atomic E-state index is 0.00854. The zero-order valence-electron chi connectivity index (χ0n) is 52.8. The van der Waals surface area contributed by atoms with Crippen LogP contribution in [-0.2, 0) is 23.8 Å². The third kappa shape index (κ3) is 48.8. The predicted octanol–water partition coefficient (Wildman–Crippen LogP) is 17.4. The largest absolute Gasteiger partial charge is 0.466 e. The van der Waals surface area contributed by atoms with E-state index in [1.807, 2.05) is 6.08 Å². The Morgan fingerprint density at radius 1 is 0.444 bits per heavy atom. The summed E-state index contributed by atoms with van der Waals surface area (Å²) in [4.78, 5) is 25.1. The van der Waals surface area contributed by atoms with E-state index in [4.69, 9.17) is 14.2 Å². The number of hydrogen-bond donors (Lipinski definition) is 6. The van der Waals surface area contributed by atoms with Crippen molar-refractivity contribution in [2.75, 3.05) is 19.8 Å². The maximum atomic E-state index is 13.0. The number of amides is 1. The lowest BCUT2D eigenvalue weighted by Gasteiger charge is -2.40. The van der Waals surface area contributed by atoms with Crippen molar-refractivity contribution in [2.45, 2.75) is 378 Å². The average molecular weight is 1150 g/mol. The van der Waals surface area contributed by atoms with Crippen molar-refractivity contribution in [3.8, 4) is 0 Å². The van der Waals surface area contributed by atoms with Gasteiger partial charge in [0.2, 0.25) is 5.91 Å². The number of carbonyl (C=O) groups is 2. The lowest BCUT2D eigenvalue weighted by Crippen LogP contribution is -2.60. The lowest BCUT2D eigenvalue weighted by atomic mass is 9.99. The molecule has 1 aliphatic rings. The fourth-order valence-electron chi connectivity index (χ4n) is 11.0. The van der Waals surface area contributed by atoms with Crippen molar-refractivity contribution < 1.29 is 49.3 Å². The first-order valence-electron chi connectivity index (χ1n) is 34.8. The smallest absolute Gasteiger partial charge is 0.305 e. The van der Waals surface area contributed by atoms with Crippen LogP contribution >= 0.6 is 0 Å². The van der Waals surface area contributed by atoms with E-state index in [9.17, 15) is 35.1 Å². The molecule has 0 aromatic carbocycles. The summed E-state index contributed by atoms with van der Waals surface area (Å²) in [5, 5.41) is 54.2. The molecule has 476 valence electrons. The third-order valence-corrected chi connectivity index (χ3v) is 16.5. The molecule has 7 atom stereocenters. The van der Waals surface area contributed by atoms with Crippen LogP contribution in [0.5, 0.6) is 0 Å². The van der Waals surface area contributed by atoms with Crippen LogP contribution in [0, 0.1) is 0 Å². The number of aliphatic hydroxyl groups excluding tert-OH is 5. The van der Waals surface area contributed by atoms with Gasteiger partial charge in [0.05, 0.1) is 32.0 Å². The number of nitrogens with one attached hydrogen (secondary N) is 1. The van der Waals surface area contributed by atoms with Crippen LogP contribution in [0.25, 0.3) is 0 Å². The van der Waals surface area contributed by atoms with Crippen LogP contribution in [0.2, 0.25) is 0 Å².